The van der Waals surface area contributed by atoms with Gasteiger partial charge in [0.25, 0.3) is 10.0 Å². The molecule has 0 aliphatic rings. The summed E-state index contributed by atoms with van der Waals surface area (Å²) in [4.78, 5) is 1.03. The first-order chi connectivity index (χ1) is 8.16. The molecule has 18 heavy (non-hydrogen) atoms. The number of thiophene rings is 1. The van der Waals surface area contributed by atoms with Crippen molar-refractivity contribution >= 4 is 21.4 Å². The first-order valence-corrected chi connectivity index (χ1v) is 8.12. The van der Waals surface area contributed by atoms with Crippen LogP contribution in [0, 0.1) is 5.41 Å². The minimum Gasteiger partial charge on any atom is -0.315 e. The molecule has 1 aromatic heterocycles. The van der Waals surface area contributed by atoms with E-state index >= 15 is 0 Å². The van der Waals surface area contributed by atoms with E-state index in [0.29, 0.717) is 17.3 Å². The maximum atomic E-state index is 12.3. The Kier molecular flexibility index (Phi) is 4.94. The summed E-state index contributed by atoms with van der Waals surface area (Å²) >= 11 is 1.33. The Labute approximate surface area is 114 Å². The highest BCUT2D eigenvalue weighted by atomic mass is 32.2. The third-order valence-corrected chi connectivity index (χ3v) is 5.71. The van der Waals surface area contributed by atoms with Gasteiger partial charge < -0.3 is 5.32 Å². The minimum absolute atomic E-state index is 0.0487. The topological polar surface area (TPSA) is 49.4 Å². The van der Waals surface area contributed by atoms with Crippen LogP contribution in [0.15, 0.2) is 16.3 Å². The fraction of sp³-hybridized carbons (Fsp3) is 0.667. The summed E-state index contributed by atoms with van der Waals surface area (Å²) in [5.41, 5.74) is -0.0487. The molecule has 4 nitrogen and oxygen atoms in total. The monoisotopic (exact) mass is 290 g/mol. The molecule has 0 amide bonds. The van der Waals surface area contributed by atoms with Gasteiger partial charge in [0.2, 0.25) is 0 Å². The standard InChI is InChI=1S/C12H22N2O2S2/c1-12(2,3)9-14(5)18(15,16)11-7-6-10(17-11)8-13-4/h6-7,13H,8-9H2,1-5H3. The van der Waals surface area contributed by atoms with Crippen LogP contribution < -0.4 is 5.32 Å². The Hall–Kier alpha value is -0.430. The number of nitrogens with zero attached hydrogens (tertiary/aromatic N) is 1. The van der Waals surface area contributed by atoms with Crippen LogP contribution in [0.5, 0.6) is 0 Å². The molecule has 0 saturated heterocycles. The first kappa shape index (κ1) is 15.6. The van der Waals surface area contributed by atoms with Crippen LogP contribution in [-0.2, 0) is 16.6 Å². The SMILES string of the molecule is CNCc1ccc(S(=O)(=O)N(C)CC(C)(C)C)s1. The Balaban J connectivity index is 2.91. The summed E-state index contributed by atoms with van der Waals surface area (Å²) in [5, 5.41) is 3.02. The molecule has 0 spiro atoms. The van der Waals surface area contributed by atoms with Crippen LogP contribution in [0.4, 0.5) is 0 Å². The molecule has 0 radical (unpaired) electrons. The molecule has 1 aromatic rings. The van der Waals surface area contributed by atoms with E-state index in [0.717, 1.165) is 4.88 Å². The van der Waals surface area contributed by atoms with E-state index in [9.17, 15) is 8.42 Å². The van der Waals surface area contributed by atoms with E-state index < -0.39 is 10.0 Å². The summed E-state index contributed by atoms with van der Waals surface area (Å²) < 4.78 is 26.5. The number of hydrogen-bond donors (Lipinski definition) is 1. The van der Waals surface area contributed by atoms with Crippen LogP contribution in [0.3, 0.4) is 0 Å². The molecule has 1 rings (SSSR count). The number of nitrogens with one attached hydrogen (secondary N) is 1. The van der Waals surface area contributed by atoms with Gasteiger partial charge in [-0.05, 0) is 24.6 Å². The molecule has 0 fully saturated rings. The Morgan fingerprint density at radius 1 is 1.33 bits per heavy atom. The highest BCUT2D eigenvalue weighted by Gasteiger charge is 2.26. The third kappa shape index (κ3) is 4.05. The molecule has 0 aliphatic heterocycles. The van der Waals surface area contributed by atoms with Crippen molar-refractivity contribution in [3.8, 4) is 0 Å². The number of rotatable bonds is 5. The second kappa shape index (κ2) is 5.69. The zero-order valence-corrected chi connectivity index (χ0v) is 13.3. The van der Waals surface area contributed by atoms with E-state index in [-0.39, 0.29) is 5.41 Å². The molecule has 0 saturated carbocycles. The zero-order chi connectivity index (χ0) is 14.0. The van der Waals surface area contributed by atoms with Gasteiger partial charge in [-0.25, -0.2) is 8.42 Å². The van der Waals surface area contributed by atoms with Gasteiger partial charge in [0, 0.05) is 25.0 Å². The van der Waals surface area contributed by atoms with Crippen molar-refractivity contribution in [3.05, 3.63) is 17.0 Å². The lowest BCUT2D eigenvalue weighted by molar-refractivity contribution is 0.311. The van der Waals surface area contributed by atoms with Crippen molar-refractivity contribution < 1.29 is 8.42 Å². The average Bonchev–Trinajstić information content (AvgIpc) is 2.64. The predicted octanol–water partition coefficient (Wildman–Crippen LogP) is 2.13. The van der Waals surface area contributed by atoms with E-state index in [2.05, 4.69) is 5.32 Å². The van der Waals surface area contributed by atoms with E-state index in [1.165, 1.54) is 15.6 Å². The predicted molar refractivity (Wildman–Crippen MR) is 76.4 cm³/mol. The Morgan fingerprint density at radius 2 is 1.94 bits per heavy atom. The van der Waals surface area contributed by atoms with Gasteiger partial charge in [-0.3, -0.25) is 0 Å². The highest BCUT2D eigenvalue weighted by molar-refractivity contribution is 7.91. The molecule has 6 heteroatoms. The van der Waals surface area contributed by atoms with Crippen molar-refractivity contribution in [2.75, 3.05) is 20.6 Å². The van der Waals surface area contributed by atoms with Crippen molar-refractivity contribution in [1.29, 1.82) is 0 Å². The second-order valence-electron chi connectivity index (χ2n) is 5.57. The molecule has 1 heterocycles. The van der Waals surface area contributed by atoms with E-state index in [1.54, 1.807) is 13.1 Å². The normalized spacial score (nSPS) is 13.2. The zero-order valence-electron chi connectivity index (χ0n) is 11.6. The van der Waals surface area contributed by atoms with Crippen LogP contribution in [0.1, 0.15) is 25.6 Å². The van der Waals surface area contributed by atoms with Crippen molar-refractivity contribution in [2.45, 2.75) is 31.5 Å². The molecular formula is C12H22N2O2S2. The quantitative estimate of drug-likeness (QED) is 0.904. The maximum Gasteiger partial charge on any atom is 0.252 e. The van der Waals surface area contributed by atoms with Crippen LogP contribution in [0.2, 0.25) is 0 Å². The molecular weight excluding hydrogens is 268 g/mol. The van der Waals surface area contributed by atoms with Gasteiger partial charge in [-0.1, -0.05) is 20.8 Å². The molecule has 1 N–H and O–H groups in total. The smallest absolute Gasteiger partial charge is 0.252 e. The molecule has 0 bridgehead atoms. The summed E-state index contributed by atoms with van der Waals surface area (Å²) in [6.07, 6.45) is 0. The fourth-order valence-corrected chi connectivity index (χ4v) is 4.65. The lowest BCUT2D eigenvalue weighted by Gasteiger charge is -2.25. The molecule has 0 aromatic carbocycles. The molecule has 0 aliphatic carbocycles. The van der Waals surface area contributed by atoms with Crippen LogP contribution in [-0.4, -0.2) is 33.4 Å². The van der Waals surface area contributed by atoms with Crippen molar-refractivity contribution in [2.24, 2.45) is 5.41 Å². The molecule has 0 unspecified atom stereocenters. The Bertz CT molecular complexity index is 486. The fourth-order valence-electron chi connectivity index (χ4n) is 1.67. The van der Waals surface area contributed by atoms with Gasteiger partial charge in [0.15, 0.2) is 0 Å². The van der Waals surface area contributed by atoms with E-state index in [1.807, 2.05) is 33.9 Å². The largest absolute Gasteiger partial charge is 0.315 e. The average molecular weight is 290 g/mol. The van der Waals surface area contributed by atoms with Crippen LogP contribution >= 0.6 is 11.3 Å². The van der Waals surface area contributed by atoms with Gasteiger partial charge in [0.05, 0.1) is 0 Å². The number of hydrogen-bond acceptors (Lipinski definition) is 4. The molecule has 104 valence electrons. The summed E-state index contributed by atoms with van der Waals surface area (Å²) in [6.45, 7) is 7.29. The van der Waals surface area contributed by atoms with Gasteiger partial charge in [0.1, 0.15) is 4.21 Å². The van der Waals surface area contributed by atoms with Crippen molar-refractivity contribution in [1.82, 2.24) is 9.62 Å². The summed E-state index contributed by atoms with van der Waals surface area (Å²) in [7, 11) is 0.138. The third-order valence-electron chi connectivity index (χ3n) is 2.35. The minimum atomic E-state index is -3.35. The van der Waals surface area contributed by atoms with Gasteiger partial charge in [-0.15, -0.1) is 11.3 Å². The van der Waals surface area contributed by atoms with Crippen molar-refractivity contribution in [3.63, 3.8) is 0 Å². The summed E-state index contributed by atoms with van der Waals surface area (Å²) in [6, 6.07) is 3.55. The second-order valence-corrected chi connectivity index (χ2v) is 9.01. The molecule has 0 atom stereocenters. The van der Waals surface area contributed by atoms with Crippen LogP contribution in [0.25, 0.3) is 0 Å². The highest BCUT2D eigenvalue weighted by Crippen LogP contribution is 2.26. The first-order valence-electron chi connectivity index (χ1n) is 5.86. The van der Waals surface area contributed by atoms with Gasteiger partial charge in [-0.2, -0.15) is 4.31 Å². The summed E-state index contributed by atoms with van der Waals surface area (Å²) in [5.74, 6) is 0. The number of sulfonamides is 1. The Morgan fingerprint density at radius 3 is 2.44 bits per heavy atom. The lowest BCUT2D eigenvalue weighted by Crippen LogP contribution is -2.34. The van der Waals surface area contributed by atoms with Gasteiger partial charge >= 0.3 is 0 Å². The maximum absolute atomic E-state index is 12.3. The lowest BCUT2D eigenvalue weighted by atomic mass is 9.97. The van der Waals surface area contributed by atoms with E-state index in [4.69, 9.17) is 0 Å².